The summed E-state index contributed by atoms with van der Waals surface area (Å²) in [6.45, 7) is 2.05. The summed E-state index contributed by atoms with van der Waals surface area (Å²) < 4.78 is 0. The highest BCUT2D eigenvalue weighted by Gasteiger charge is 2.25. The van der Waals surface area contributed by atoms with Crippen molar-refractivity contribution in [2.24, 2.45) is 4.99 Å². The van der Waals surface area contributed by atoms with E-state index in [1.165, 1.54) is 11.6 Å². The van der Waals surface area contributed by atoms with Gasteiger partial charge in [-0.2, -0.15) is 5.26 Å². The first-order valence-corrected chi connectivity index (χ1v) is 9.48. The number of nitriles is 1. The van der Waals surface area contributed by atoms with Crippen molar-refractivity contribution in [3.63, 3.8) is 0 Å². The Morgan fingerprint density at radius 3 is 2.34 bits per heavy atom. The number of pyridine rings is 1. The van der Waals surface area contributed by atoms with Crippen LogP contribution in [0.1, 0.15) is 16.7 Å². The Bertz CT molecular complexity index is 1150. The van der Waals surface area contributed by atoms with Gasteiger partial charge in [0, 0.05) is 28.4 Å². The van der Waals surface area contributed by atoms with Gasteiger partial charge in [-0.1, -0.05) is 47.5 Å². The minimum absolute atomic E-state index is 0.650. The fourth-order valence-corrected chi connectivity index (χ4v) is 3.21. The van der Waals surface area contributed by atoms with Crippen molar-refractivity contribution in [2.45, 2.75) is 6.92 Å². The lowest BCUT2D eigenvalue weighted by molar-refractivity contribution is 1.14. The Hall–Kier alpha value is -3.68. The van der Waals surface area contributed by atoms with Gasteiger partial charge in [0.1, 0.15) is 11.7 Å². The molecule has 0 radical (unpaired) electrons. The zero-order valence-corrected chi connectivity index (χ0v) is 16.5. The molecular formula is C24H17ClN4. The number of benzene rings is 2. The van der Waals surface area contributed by atoms with Gasteiger partial charge < -0.3 is 0 Å². The predicted molar refractivity (Wildman–Crippen MR) is 118 cm³/mol. The smallest absolute Gasteiger partial charge is 0.146 e. The van der Waals surface area contributed by atoms with Crippen molar-refractivity contribution in [1.82, 2.24) is 4.98 Å². The van der Waals surface area contributed by atoms with Crippen LogP contribution in [0.5, 0.6) is 0 Å². The number of rotatable bonds is 3. The molecule has 0 N–H and O–H groups in total. The van der Waals surface area contributed by atoms with E-state index < -0.39 is 0 Å². The number of allylic oxidation sites excluding steroid dienone is 2. The largest absolute Gasteiger partial charge is 0.278 e. The first-order valence-electron chi connectivity index (χ1n) is 9.10. The zero-order chi connectivity index (χ0) is 20.2. The lowest BCUT2D eigenvalue weighted by Gasteiger charge is -2.30. The predicted octanol–water partition coefficient (Wildman–Crippen LogP) is 5.76. The molecular weight excluding hydrogens is 380 g/mol. The van der Waals surface area contributed by atoms with E-state index in [9.17, 15) is 5.26 Å². The molecule has 2 heterocycles. The summed E-state index contributed by atoms with van der Waals surface area (Å²) in [5.74, 6) is 1.36. The molecule has 0 aliphatic carbocycles. The van der Waals surface area contributed by atoms with Gasteiger partial charge >= 0.3 is 0 Å². The Morgan fingerprint density at radius 2 is 1.69 bits per heavy atom. The van der Waals surface area contributed by atoms with Crippen LogP contribution in [0.3, 0.4) is 0 Å². The second-order valence-electron chi connectivity index (χ2n) is 6.56. The molecule has 0 amide bonds. The first kappa shape index (κ1) is 18.7. The highest BCUT2D eigenvalue weighted by molar-refractivity contribution is 6.30. The van der Waals surface area contributed by atoms with Crippen LogP contribution in [0, 0.1) is 18.3 Å². The maximum absolute atomic E-state index is 9.41. The molecule has 4 nitrogen and oxygen atoms in total. The number of hydrogen-bond donors (Lipinski definition) is 0. The van der Waals surface area contributed by atoms with Crippen LogP contribution in [-0.2, 0) is 0 Å². The molecule has 29 heavy (non-hydrogen) atoms. The monoisotopic (exact) mass is 396 g/mol. The van der Waals surface area contributed by atoms with E-state index in [0.717, 1.165) is 16.8 Å². The van der Waals surface area contributed by atoms with Crippen molar-refractivity contribution < 1.29 is 0 Å². The van der Waals surface area contributed by atoms with E-state index in [2.05, 4.69) is 11.1 Å². The average Bonchev–Trinajstić information content (AvgIpc) is 2.75. The fraction of sp³-hybridized carbons (Fsp3) is 0.0417. The van der Waals surface area contributed by atoms with Crippen LogP contribution in [0.2, 0.25) is 5.02 Å². The van der Waals surface area contributed by atoms with Crippen molar-refractivity contribution in [1.29, 1.82) is 5.26 Å². The standard InChI is InChI=1S/C24H17ClN4/c1-17-5-7-18(8-6-17)22-16-21(13-14-26)29(23-4-2-3-15-27-23)24(28-22)19-9-11-20(25)12-10-19/h2-13,15-16H,1H3/b21-13+. The van der Waals surface area contributed by atoms with E-state index >= 15 is 0 Å². The van der Waals surface area contributed by atoms with Gasteiger partial charge in [0.15, 0.2) is 0 Å². The van der Waals surface area contributed by atoms with Gasteiger partial charge in [-0.15, -0.1) is 0 Å². The molecule has 4 rings (SSSR count). The Kier molecular flexibility index (Phi) is 5.24. The van der Waals surface area contributed by atoms with Crippen LogP contribution in [-0.4, -0.2) is 10.8 Å². The molecule has 1 aliphatic rings. The third-order valence-corrected chi connectivity index (χ3v) is 4.77. The van der Waals surface area contributed by atoms with Gasteiger partial charge in [0.25, 0.3) is 0 Å². The molecule has 5 heteroatoms. The molecule has 1 aromatic heterocycles. The molecule has 0 spiro atoms. The second kappa shape index (κ2) is 8.14. The molecule has 0 atom stereocenters. The minimum atomic E-state index is 0.650. The summed E-state index contributed by atoms with van der Waals surface area (Å²) >= 11 is 6.09. The van der Waals surface area contributed by atoms with E-state index in [-0.39, 0.29) is 0 Å². The summed E-state index contributed by atoms with van der Waals surface area (Å²) in [6.07, 6.45) is 5.13. The van der Waals surface area contributed by atoms with E-state index in [1.54, 1.807) is 6.20 Å². The van der Waals surface area contributed by atoms with Crippen LogP contribution in [0.25, 0.3) is 5.70 Å². The molecule has 1 aliphatic heterocycles. The number of anilines is 1. The highest BCUT2D eigenvalue weighted by Crippen LogP contribution is 2.31. The van der Waals surface area contributed by atoms with E-state index in [0.29, 0.717) is 22.4 Å². The molecule has 0 saturated carbocycles. The Morgan fingerprint density at radius 1 is 0.966 bits per heavy atom. The number of aromatic nitrogens is 1. The lowest BCUT2D eigenvalue weighted by atomic mass is 10.1. The molecule has 0 unspecified atom stereocenters. The number of hydrogen-bond acceptors (Lipinski definition) is 4. The van der Waals surface area contributed by atoms with Gasteiger partial charge in [-0.3, -0.25) is 4.90 Å². The quantitative estimate of drug-likeness (QED) is 0.529. The van der Waals surface area contributed by atoms with Gasteiger partial charge in [-0.25, -0.2) is 9.98 Å². The third kappa shape index (κ3) is 3.96. The third-order valence-electron chi connectivity index (χ3n) is 4.52. The summed E-state index contributed by atoms with van der Waals surface area (Å²) in [4.78, 5) is 11.3. The van der Waals surface area contributed by atoms with Crippen LogP contribution in [0.15, 0.2) is 95.8 Å². The summed E-state index contributed by atoms with van der Waals surface area (Å²) in [7, 11) is 0. The maximum atomic E-state index is 9.41. The van der Waals surface area contributed by atoms with Gasteiger partial charge in [-0.05, 0) is 49.4 Å². The van der Waals surface area contributed by atoms with Crippen molar-refractivity contribution in [3.8, 4) is 6.07 Å². The van der Waals surface area contributed by atoms with Crippen molar-refractivity contribution in [3.05, 3.63) is 112 Å². The average molecular weight is 397 g/mol. The minimum Gasteiger partial charge on any atom is -0.278 e. The van der Waals surface area contributed by atoms with Crippen LogP contribution >= 0.6 is 11.6 Å². The SMILES string of the molecule is Cc1ccc(C2=C/C(=C\C#N)N(c3ccccn3)C(c3ccc(Cl)cc3)=N2)cc1. The van der Waals surface area contributed by atoms with Crippen molar-refractivity contribution >= 4 is 29.0 Å². The van der Waals surface area contributed by atoms with Crippen LogP contribution in [0.4, 0.5) is 5.82 Å². The summed E-state index contributed by atoms with van der Waals surface area (Å²) in [5, 5.41) is 10.1. The molecule has 0 fully saturated rings. The molecule has 0 saturated heterocycles. The molecule has 2 aromatic carbocycles. The first-order chi connectivity index (χ1) is 14.2. The molecule has 140 valence electrons. The zero-order valence-electron chi connectivity index (χ0n) is 15.7. The van der Waals surface area contributed by atoms with Crippen LogP contribution < -0.4 is 4.90 Å². The Labute approximate surface area is 174 Å². The number of aryl methyl sites for hydroxylation is 1. The normalized spacial score (nSPS) is 14.9. The highest BCUT2D eigenvalue weighted by atomic mass is 35.5. The van der Waals surface area contributed by atoms with Gasteiger partial charge in [0.05, 0.1) is 17.5 Å². The molecule has 0 bridgehead atoms. The second-order valence-corrected chi connectivity index (χ2v) is 7.00. The summed E-state index contributed by atoms with van der Waals surface area (Å²) in [5.41, 5.74) is 4.51. The van der Waals surface area contributed by atoms with Crippen molar-refractivity contribution in [2.75, 3.05) is 4.90 Å². The number of amidine groups is 1. The maximum Gasteiger partial charge on any atom is 0.146 e. The number of nitrogens with zero attached hydrogens (tertiary/aromatic N) is 4. The molecule has 3 aromatic rings. The fourth-order valence-electron chi connectivity index (χ4n) is 3.09. The summed E-state index contributed by atoms with van der Waals surface area (Å²) in [6, 6.07) is 23.4. The van der Waals surface area contributed by atoms with E-state index in [1.807, 2.05) is 84.6 Å². The van der Waals surface area contributed by atoms with Gasteiger partial charge in [0.2, 0.25) is 0 Å². The number of aliphatic imine (C=N–C) groups is 1. The lowest BCUT2D eigenvalue weighted by Crippen LogP contribution is -2.33. The number of halogens is 1. The topological polar surface area (TPSA) is 52.3 Å². The van der Waals surface area contributed by atoms with E-state index in [4.69, 9.17) is 16.6 Å². The Balaban J connectivity index is 1.92.